The molecule has 0 aromatic heterocycles. The summed E-state index contributed by atoms with van der Waals surface area (Å²) >= 11 is 0. The number of allylic oxidation sites excluding steroid dienone is 1. The third-order valence-corrected chi connectivity index (χ3v) is 8.60. The van der Waals surface area contributed by atoms with Crippen molar-refractivity contribution in [3.63, 3.8) is 0 Å². The minimum absolute atomic E-state index is 0.298. The number of nitrogens with zero attached hydrogens (tertiary/aromatic N) is 4. The van der Waals surface area contributed by atoms with E-state index in [-0.39, 0.29) is 0 Å². The summed E-state index contributed by atoms with van der Waals surface area (Å²) in [6, 6.07) is 36.8. The van der Waals surface area contributed by atoms with Gasteiger partial charge in [-0.1, -0.05) is 80.1 Å². The lowest BCUT2D eigenvalue weighted by atomic mass is 9.90. The number of hydrogen-bond donors (Lipinski definition) is 0. The van der Waals surface area contributed by atoms with Gasteiger partial charge in [0, 0.05) is 22.6 Å². The van der Waals surface area contributed by atoms with Crippen molar-refractivity contribution in [2.75, 3.05) is 36.1 Å². The monoisotopic (exact) mass is 642 g/mol. The Kier molecular flexibility index (Phi) is 9.03. The minimum Gasteiger partial charge on any atom is -0.497 e. The molecule has 0 amide bonds. The van der Waals surface area contributed by atoms with Crippen LogP contribution in [0.15, 0.2) is 143 Å². The molecule has 0 saturated heterocycles. The van der Waals surface area contributed by atoms with Crippen LogP contribution in [0.3, 0.4) is 0 Å². The third-order valence-electron chi connectivity index (χ3n) is 8.60. The second kappa shape index (κ2) is 13.5. The van der Waals surface area contributed by atoms with Crippen molar-refractivity contribution >= 4 is 34.8 Å². The van der Waals surface area contributed by atoms with Gasteiger partial charge in [0.25, 0.3) is 0 Å². The highest BCUT2D eigenvalue weighted by Crippen LogP contribution is 2.56. The fraction of sp³-hybridized carbons (Fsp3) is 0.205. The van der Waals surface area contributed by atoms with Gasteiger partial charge in [0.2, 0.25) is 5.66 Å². The Hall–Kier alpha value is -5.83. The molecule has 2 aliphatic heterocycles. The van der Waals surface area contributed by atoms with Gasteiger partial charge in [-0.25, -0.2) is 14.6 Å². The van der Waals surface area contributed by atoms with E-state index in [2.05, 4.69) is 6.92 Å². The highest BCUT2D eigenvalue weighted by atomic mass is 16.5. The number of benzene rings is 4. The highest BCUT2D eigenvalue weighted by molar-refractivity contribution is 6.18. The average molecular weight is 643 g/mol. The minimum atomic E-state index is -1.55. The number of para-hydroxylation sites is 2. The number of esters is 2. The molecule has 2 aliphatic rings. The number of carbonyl (C=O) groups excluding carboxylic acids is 2. The Morgan fingerprint density at radius 2 is 1.31 bits per heavy atom. The topological polar surface area (TPSA) is 83.9 Å². The molecule has 0 fully saturated rings. The maximum absolute atomic E-state index is 14.6. The second-order valence-corrected chi connectivity index (χ2v) is 11.3. The molecular formula is C39H38N4O5. The largest absolute Gasteiger partial charge is 0.497 e. The second-order valence-electron chi connectivity index (χ2n) is 11.3. The Balaban J connectivity index is 1.83. The number of hydrazone groups is 1. The predicted octanol–water partition coefficient (Wildman–Crippen LogP) is 7.27. The van der Waals surface area contributed by atoms with Crippen molar-refractivity contribution in [2.24, 2.45) is 5.10 Å². The number of amidine groups is 1. The fourth-order valence-corrected chi connectivity index (χ4v) is 6.61. The van der Waals surface area contributed by atoms with Crippen LogP contribution in [-0.4, -0.2) is 44.8 Å². The fourth-order valence-electron chi connectivity index (χ4n) is 6.61. The average Bonchev–Trinajstić information content (AvgIpc) is 3.64. The first-order chi connectivity index (χ1) is 23.4. The zero-order valence-electron chi connectivity index (χ0n) is 27.7. The molecule has 1 atom stereocenters. The molecule has 0 radical (unpaired) electrons. The molecule has 0 saturated carbocycles. The van der Waals surface area contributed by atoms with Crippen LogP contribution in [0.2, 0.25) is 0 Å². The summed E-state index contributed by atoms with van der Waals surface area (Å²) < 4.78 is 16.6. The van der Waals surface area contributed by atoms with E-state index in [4.69, 9.17) is 19.3 Å². The molecule has 1 unspecified atom stereocenters. The van der Waals surface area contributed by atoms with Gasteiger partial charge in [-0.15, -0.1) is 0 Å². The van der Waals surface area contributed by atoms with Crippen molar-refractivity contribution in [1.29, 1.82) is 0 Å². The van der Waals surface area contributed by atoms with E-state index in [1.807, 2.05) is 130 Å². The number of ether oxygens (including phenoxy) is 3. The van der Waals surface area contributed by atoms with Crippen molar-refractivity contribution < 1.29 is 23.8 Å². The molecule has 0 N–H and O–H groups in total. The Bertz CT molecular complexity index is 1890. The molecule has 2 heterocycles. The number of hydrogen-bond acceptors (Lipinski definition) is 9. The first-order valence-electron chi connectivity index (χ1n) is 15.8. The summed E-state index contributed by atoms with van der Waals surface area (Å²) in [4.78, 5) is 32.4. The summed E-state index contributed by atoms with van der Waals surface area (Å²) in [5.74, 6) is 0.161. The molecule has 244 valence electrons. The standard InChI is InChI=1S/C39H38N4O5/c1-6-16-33-34(38(45)48-5)39(35(27(2)37(44)47-4)41(33)29-23-25-32(46-3)26-24-29)42(30-19-12-8-13-20-30)36(28-17-10-7-11-18-28)40-43(39)31-21-14-9-15-22-31/h7-15,17-26H,6,16H2,1-5H3. The van der Waals surface area contributed by atoms with E-state index in [0.29, 0.717) is 52.7 Å². The molecule has 4 aromatic rings. The highest BCUT2D eigenvalue weighted by Gasteiger charge is 2.65. The quantitative estimate of drug-likeness (QED) is 0.139. The zero-order chi connectivity index (χ0) is 33.8. The van der Waals surface area contributed by atoms with Gasteiger partial charge in [0.05, 0.1) is 38.3 Å². The molecule has 4 aromatic carbocycles. The molecule has 0 aliphatic carbocycles. The van der Waals surface area contributed by atoms with Crippen LogP contribution in [0.4, 0.5) is 17.1 Å². The van der Waals surface area contributed by atoms with Gasteiger partial charge in [0.15, 0.2) is 5.84 Å². The molecular weight excluding hydrogens is 604 g/mol. The maximum atomic E-state index is 14.6. The van der Waals surface area contributed by atoms with E-state index in [0.717, 1.165) is 16.9 Å². The van der Waals surface area contributed by atoms with E-state index < -0.39 is 17.6 Å². The van der Waals surface area contributed by atoms with Crippen molar-refractivity contribution in [1.82, 2.24) is 0 Å². The van der Waals surface area contributed by atoms with Crippen LogP contribution in [0.1, 0.15) is 32.3 Å². The lowest BCUT2D eigenvalue weighted by molar-refractivity contribution is -0.137. The number of methoxy groups -OCH3 is 3. The van der Waals surface area contributed by atoms with E-state index in [1.54, 1.807) is 14.0 Å². The van der Waals surface area contributed by atoms with E-state index in [9.17, 15) is 9.59 Å². The van der Waals surface area contributed by atoms with E-state index >= 15 is 0 Å². The van der Waals surface area contributed by atoms with E-state index in [1.165, 1.54) is 14.2 Å². The van der Waals surface area contributed by atoms with Gasteiger partial charge in [-0.2, -0.15) is 5.10 Å². The predicted molar refractivity (Wildman–Crippen MR) is 188 cm³/mol. The number of rotatable bonds is 9. The third kappa shape index (κ3) is 5.17. The molecule has 1 spiro atoms. The Morgan fingerprint density at radius 3 is 1.85 bits per heavy atom. The zero-order valence-corrected chi connectivity index (χ0v) is 27.7. The lowest BCUT2D eigenvalue weighted by Crippen LogP contribution is -2.61. The maximum Gasteiger partial charge on any atom is 0.340 e. The molecule has 48 heavy (non-hydrogen) atoms. The van der Waals surface area contributed by atoms with Crippen molar-refractivity contribution in [3.8, 4) is 5.75 Å². The van der Waals surface area contributed by atoms with Crippen LogP contribution >= 0.6 is 0 Å². The summed E-state index contributed by atoms with van der Waals surface area (Å²) in [5.41, 5.74) is 3.25. The van der Waals surface area contributed by atoms with Gasteiger partial charge >= 0.3 is 11.9 Å². The molecule has 0 bridgehead atoms. The van der Waals surface area contributed by atoms with Crippen LogP contribution in [-0.2, 0) is 19.1 Å². The molecule has 9 nitrogen and oxygen atoms in total. The van der Waals surface area contributed by atoms with Gasteiger partial charge in [0.1, 0.15) is 11.3 Å². The first kappa shape index (κ1) is 32.1. The molecule has 9 heteroatoms. The summed E-state index contributed by atoms with van der Waals surface area (Å²) in [7, 11) is 4.35. The summed E-state index contributed by atoms with van der Waals surface area (Å²) in [6.07, 6.45) is 1.19. The summed E-state index contributed by atoms with van der Waals surface area (Å²) in [5, 5.41) is 7.20. The van der Waals surface area contributed by atoms with Gasteiger partial charge in [-0.05, 0) is 61.9 Å². The number of carbonyl (C=O) groups is 2. The number of anilines is 3. The Labute approximate surface area is 280 Å². The SMILES string of the molecule is CCCC1=C(C(=O)OC)C2(C(=C(C)C(=O)OC)N1c1ccc(OC)cc1)N(c1ccccc1)N=C(c1ccccc1)N2c1ccccc1. The lowest BCUT2D eigenvalue weighted by Gasteiger charge is -2.45. The Morgan fingerprint density at radius 1 is 0.729 bits per heavy atom. The van der Waals surface area contributed by atoms with Gasteiger partial charge < -0.3 is 19.1 Å². The van der Waals surface area contributed by atoms with Crippen molar-refractivity contribution in [2.45, 2.75) is 32.4 Å². The normalized spacial score (nSPS) is 18.3. The van der Waals surface area contributed by atoms with Crippen LogP contribution < -0.4 is 19.5 Å². The molecule has 6 rings (SSSR count). The van der Waals surface area contributed by atoms with Crippen LogP contribution in [0, 0.1) is 0 Å². The smallest absolute Gasteiger partial charge is 0.340 e. The summed E-state index contributed by atoms with van der Waals surface area (Å²) in [6.45, 7) is 3.79. The van der Waals surface area contributed by atoms with Gasteiger partial charge in [-0.3, -0.25) is 4.90 Å². The van der Waals surface area contributed by atoms with Crippen LogP contribution in [0.25, 0.3) is 0 Å². The van der Waals surface area contributed by atoms with Crippen molar-refractivity contribution in [3.05, 3.63) is 143 Å². The van der Waals surface area contributed by atoms with Crippen LogP contribution in [0.5, 0.6) is 5.75 Å². The first-order valence-corrected chi connectivity index (χ1v) is 15.8.